The lowest BCUT2D eigenvalue weighted by molar-refractivity contribution is 0.0533. The Bertz CT molecular complexity index is 811. The number of cyclic esters (lactones) is 1. The zero-order valence-corrected chi connectivity index (χ0v) is 17.2. The van der Waals surface area contributed by atoms with Crippen molar-refractivity contribution < 1.29 is 29.0 Å². The number of benzene rings is 1. The topological polar surface area (TPSA) is 107 Å². The number of allylic oxidation sites excluding steroid dienone is 1. The third kappa shape index (κ3) is 5.20. The van der Waals surface area contributed by atoms with Crippen LogP contribution < -0.4 is 0 Å². The van der Waals surface area contributed by atoms with Gasteiger partial charge < -0.3 is 24.5 Å². The largest absolute Gasteiger partial charge is 0.507 e. The van der Waals surface area contributed by atoms with Crippen LogP contribution in [0.4, 0.5) is 0 Å². The number of phenolic OH excluding ortho intramolecular Hbond substituents is 1. The van der Waals surface area contributed by atoms with Crippen molar-refractivity contribution in [3.8, 4) is 5.75 Å². The lowest BCUT2D eigenvalue weighted by Gasteiger charge is -2.18. The zero-order valence-electron chi connectivity index (χ0n) is 16.3. The predicted octanol–water partition coefficient (Wildman–Crippen LogP) is 2.53. The van der Waals surface area contributed by atoms with Gasteiger partial charge in [0, 0.05) is 24.2 Å². The molecule has 0 bridgehead atoms. The molecule has 0 saturated heterocycles. The summed E-state index contributed by atoms with van der Waals surface area (Å²) in [4.78, 5) is 31.7. The predicted molar refractivity (Wildman–Crippen MR) is 103 cm³/mol. The third-order valence-electron chi connectivity index (χ3n) is 4.95. The Hall–Kier alpha value is -1.66. The number of nitrogens with zero attached hydrogens (tertiary/aromatic N) is 1. The van der Waals surface area contributed by atoms with Gasteiger partial charge in [0.15, 0.2) is 0 Å². The van der Waals surface area contributed by atoms with Crippen molar-refractivity contribution in [3.05, 3.63) is 39.5 Å². The van der Waals surface area contributed by atoms with Crippen LogP contribution in [0, 0.1) is 6.92 Å². The van der Waals surface area contributed by atoms with Crippen LogP contribution in [-0.2, 0) is 28.8 Å². The third-order valence-corrected chi connectivity index (χ3v) is 5.73. The van der Waals surface area contributed by atoms with Crippen LogP contribution in [0.2, 0.25) is 0 Å². The Morgan fingerprint density at radius 1 is 1.33 bits per heavy atom. The summed E-state index contributed by atoms with van der Waals surface area (Å²) < 4.78 is 16.1. The van der Waals surface area contributed by atoms with Gasteiger partial charge in [-0.1, -0.05) is 18.6 Å². The second-order valence-corrected chi connectivity index (χ2v) is 8.87. The summed E-state index contributed by atoms with van der Waals surface area (Å²) in [7, 11) is -2.20. The average molecular weight is 397 g/mol. The first kappa shape index (κ1) is 21.6. The number of carbonyl (C=O) groups excluding carboxylic acids is 1. The van der Waals surface area contributed by atoms with Crippen molar-refractivity contribution in [3.63, 3.8) is 0 Å². The second kappa shape index (κ2) is 8.57. The van der Waals surface area contributed by atoms with Gasteiger partial charge in [-0.3, -0.25) is 4.57 Å². The molecular formula is C19H28NO6P. The second-order valence-electron chi connectivity index (χ2n) is 7.09. The first-order chi connectivity index (χ1) is 12.5. The number of ether oxygens (including phenoxy) is 1. The molecule has 1 heterocycles. The maximum Gasteiger partial charge on any atom is 0.342 e. The van der Waals surface area contributed by atoms with E-state index < -0.39 is 13.6 Å². The molecule has 1 aromatic carbocycles. The fraction of sp³-hybridized carbons (Fsp3) is 0.526. The van der Waals surface area contributed by atoms with Gasteiger partial charge in [-0.15, -0.1) is 0 Å². The van der Waals surface area contributed by atoms with E-state index in [0.717, 1.165) is 34.2 Å². The maximum absolute atomic E-state index is 12.0. The summed E-state index contributed by atoms with van der Waals surface area (Å²) in [5.41, 5.74) is 4.84. The highest BCUT2D eigenvalue weighted by molar-refractivity contribution is 7.51. The van der Waals surface area contributed by atoms with Crippen molar-refractivity contribution in [2.75, 3.05) is 26.3 Å². The van der Waals surface area contributed by atoms with Gasteiger partial charge in [0.25, 0.3) is 0 Å². The van der Waals surface area contributed by atoms with E-state index in [0.29, 0.717) is 19.5 Å². The summed E-state index contributed by atoms with van der Waals surface area (Å²) in [6.07, 6.45) is 3.03. The van der Waals surface area contributed by atoms with E-state index in [1.165, 1.54) is 0 Å². The molecule has 7 nitrogen and oxygen atoms in total. The van der Waals surface area contributed by atoms with Crippen LogP contribution in [0.1, 0.15) is 46.5 Å². The van der Waals surface area contributed by atoms with E-state index in [1.54, 1.807) is 7.05 Å². The summed E-state index contributed by atoms with van der Waals surface area (Å²) in [5, 5.41) is 10.7. The number of carbonyl (C=O) groups is 1. The Balaban J connectivity index is 2.18. The summed E-state index contributed by atoms with van der Waals surface area (Å²) in [5.74, 6) is -0.471. The molecule has 150 valence electrons. The fourth-order valence-electron chi connectivity index (χ4n) is 3.49. The van der Waals surface area contributed by atoms with Crippen molar-refractivity contribution in [1.29, 1.82) is 0 Å². The molecule has 0 aromatic heterocycles. The molecule has 0 spiro atoms. The highest BCUT2D eigenvalue weighted by atomic mass is 31.2. The molecule has 1 aromatic rings. The van der Waals surface area contributed by atoms with Gasteiger partial charge in [0.2, 0.25) is 0 Å². The molecule has 27 heavy (non-hydrogen) atoms. The van der Waals surface area contributed by atoms with E-state index in [4.69, 9.17) is 14.5 Å². The highest BCUT2D eigenvalue weighted by Crippen LogP contribution is 2.38. The molecule has 0 aliphatic carbocycles. The van der Waals surface area contributed by atoms with E-state index >= 15 is 0 Å². The van der Waals surface area contributed by atoms with E-state index in [9.17, 15) is 14.5 Å². The highest BCUT2D eigenvalue weighted by Gasteiger charge is 2.30. The quantitative estimate of drug-likeness (QED) is 0.351. The molecule has 0 unspecified atom stereocenters. The lowest BCUT2D eigenvalue weighted by atomic mass is 9.89. The van der Waals surface area contributed by atoms with Crippen LogP contribution in [-0.4, -0.2) is 52.1 Å². The van der Waals surface area contributed by atoms with E-state index in [2.05, 4.69) is 0 Å². The number of hydrogen-bond acceptors (Lipinski definition) is 5. The van der Waals surface area contributed by atoms with Crippen LogP contribution in [0.15, 0.2) is 11.6 Å². The maximum atomic E-state index is 12.0. The number of hydrogen-bond donors (Lipinski definition) is 3. The fourth-order valence-corrected chi connectivity index (χ4v) is 4.09. The first-order valence-electron chi connectivity index (χ1n) is 8.97. The summed E-state index contributed by atoms with van der Waals surface area (Å²) in [6, 6.07) is 0. The van der Waals surface area contributed by atoms with Crippen molar-refractivity contribution in [1.82, 2.24) is 4.90 Å². The monoisotopic (exact) mass is 397 g/mol. The first-order valence-corrected chi connectivity index (χ1v) is 10.8. The molecule has 1 aliphatic heterocycles. The lowest BCUT2D eigenvalue weighted by Crippen LogP contribution is -2.24. The van der Waals surface area contributed by atoms with Crippen molar-refractivity contribution >= 4 is 13.6 Å². The molecule has 2 rings (SSSR count). The Morgan fingerprint density at radius 3 is 2.59 bits per heavy atom. The average Bonchev–Trinajstić information content (AvgIpc) is 2.96. The number of aromatic hydroxyl groups is 1. The van der Waals surface area contributed by atoms with E-state index in [1.807, 2.05) is 31.7 Å². The molecule has 0 amide bonds. The molecule has 8 heteroatoms. The molecule has 3 N–H and O–H groups in total. The van der Waals surface area contributed by atoms with Crippen molar-refractivity contribution in [2.24, 2.45) is 0 Å². The smallest absolute Gasteiger partial charge is 0.342 e. The number of esters is 1. The Labute approximate surface area is 159 Å². The molecule has 1 aliphatic rings. The summed E-state index contributed by atoms with van der Waals surface area (Å²) in [6.45, 7) is 6.97. The number of likely N-dealkylation sites (N-methyl/N-ethyl adjacent to an activating group) is 1. The number of rotatable bonds is 8. The Morgan fingerprint density at radius 2 is 2.00 bits per heavy atom. The number of fused-ring (bicyclic) bond motifs is 1. The van der Waals surface area contributed by atoms with Crippen LogP contribution in [0.5, 0.6) is 5.75 Å². The van der Waals surface area contributed by atoms with Gasteiger partial charge in [0.05, 0.1) is 6.16 Å². The summed E-state index contributed by atoms with van der Waals surface area (Å²) >= 11 is 0. The zero-order chi connectivity index (χ0) is 20.4. The van der Waals surface area contributed by atoms with Gasteiger partial charge >= 0.3 is 13.6 Å². The van der Waals surface area contributed by atoms with Gasteiger partial charge in [0.1, 0.15) is 17.9 Å². The van der Waals surface area contributed by atoms with Crippen LogP contribution in [0.25, 0.3) is 0 Å². The minimum absolute atomic E-state index is 0.00820. The van der Waals surface area contributed by atoms with E-state index in [-0.39, 0.29) is 24.1 Å². The molecular weight excluding hydrogens is 369 g/mol. The standard InChI is InChI=1S/C19H28NO6P/c1-5-14-13(3)16-11-26-19(22)17(16)18(21)15(14)7-6-12(2)10-20(4)8-9-27(23,24)25/h6,21H,5,7-11H2,1-4H3,(H2,23,24,25)/b12-6+. The SMILES string of the molecule is CCc1c(C)c2c(c(O)c1C/C=C(\C)CN(C)CCP(=O)(O)O)C(=O)OC2. The van der Waals surface area contributed by atoms with Gasteiger partial charge in [-0.25, -0.2) is 4.79 Å². The normalized spacial score (nSPS) is 14.6. The molecule has 0 atom stereocenters. The minimum atomic E-state index is -4.00. The van der Waals surface area contributed by atoms with Gasteiger partial charge in [-0.2, -0.15) is 0 Å². The Kier molecular flexibility index (Phi) is 6.87. The molecule has 0 radical (unpaired) electrons. The molecule has 0 saturated carbocycles. The van der Waals surface area contributed by atoms with Gasteiger partial charge in [-0.05, 0) is 44.9 Å². The number of phenols is 1. The van der Waals surface area contributed by atoms with Crippen molar-refractivity contribution in [2.45, 2.75) is 40.2 Å². The molecule has 0 fully saturated rings. The van der Waals surface area contributed by atoms with Crippen LogP contribution >= 0.6 is 7.60 Å². The van der Waals surface area contributed by atoms with Crippen LogP contribution in [0.3, 0.4) is 0 Å². The minimum Gasteiger partial charge on any atom is -0.507 e.